The van der Waals surface area contributed by atoms with Gasteiger partial charge in [0.2, 0.25) is 0 Å². The van der Waals surface area contributed by atoms with Gasteiger partial charge in [-0.05, 0) is 13.8 Å². The maximum absolute atomic E-state index is 12.7. The molecular weight excluding hydrogens is 287 g/mol. The minimum atomic E-state index is -4.56. The number of nitrogens with zero attached hydrogens (tertiary/aromatic N) is 4. The normalized spacial score (nSPS) is 11.8. The van der Waals surface area contributed by atoms with Crippen molar-refractivity contribution in [2.24, 2.45) is 14.1 Å². The highest BCUT2D eigenvalue weighted by molar-refractivity contribution is 6.03. The Labute approximate surface area is 118 Å². The van der Waals surface area contributed by atoms with Crippen LogP contribution in [0.15, 0.2) is 6.07 Å². The van der Waals surface area contributed by atoms with Crippen LogP contribution in [-0.2, 0) is 20.3 Å². The van der Waals surface area contributed by atoms with E-state index >= 15 is 0 Å². The number of anilines is 1. The van der Waals surface area contributed by atoms with Gasteiger partial charge in [0.1, 0.15) is 5.69 Å². The molecule has 0 atom stereocenters. The first-order chi connectivity index (χ1) is 9.61. The third-order valence-electron chi connectivity index (χ3n) is 3.15. The number of aryl methyl sites for hydroxylation is 3. The Kier molecular flexibility index (Phi) is 3.52. The van der Waals surface area contributed by atoms with Gasteiger partial charge in [-0.3, -0.25) is 14.2 Å². The van der Waals surface area contributed by atoms with Gasteiger partial charge in [-0.1, -0.05) is 0 Å². The Balaban J connectivity index is 2.29. The van der Waals surface area contributed by atoms with Gasteiger partial charge >= 0.3 is 6.18 Å². The van der Waals surface area contributed by atoms with E-state index in [4.69, 9.17) is 0 Å². The summed E-state index contributed by atoms with van der Waals surface area (Å²) in [5.41, 5.74) is 0.477. The molecule has 0 aliphatic rings. The summed E-state index contributed by atoms with van der Waals surface area (Å²) in [4.78, 5) is 12.0. The van der Waals surface area contributed by atoms with Crippen molar-refractivity contribution < 1.29 is 18.0 Å². The summed E-state index contributed by atoms with van der Waals surface area (Å²) in [6, 6.07) is 0.719. The van der Waals surface area contributed by atoms with Crippen LogP contribution in [0.4, 0.5) is 18.9 Å². The van der Waals surface area contributed by atoms with Crippen molar-refractivity contribution in [2.45, 2.75) is 20.0 Å². The molecule has 6 nitrogen and oxygen atoms in total. The van der Waals surface area contributed by atoms with Crippen molar-refractivity contribution in [1.29, 1.82) is 0 Å². The van der Waals surface area contributed by atoms with Gasteiger partial charge in [0.05, 0.1) is 17.1 Å². The van der Waals surface area contributed by atoms with Crippen molar-refractivity contribution in [3.05, 3.63) is 28.8 Å². The van der Waals surface area contributed by atoms with E-state index in [0.29, 0.717) is 21.8 Å². The number of nitrogens with one attached hydrogen (secondary N) is 1. The number of carbonyl (C=O) groups excluding carboxylic acids is 1. The number of halogens is 3. The van der Waals surface area contributed by atoms with E-state index in [2.05, 4.69) is 15.5 Å². The number of amides is 1. The lowest BCUT2D eigenvalue weighted by molar-refractivity contribution is -0.143. The summed E-state index contributed by atoms with van der Waals surface area (Å²) in [5, 5.41) is 10.3. The maximum Gasteiger partial charge on any atom is 0.433 e. The fourth-order valence-electron chi connectivity index (χ4n) is 1.98. The van der Waals surface area contributed by atoms with Crippen LogP contribution in [0.2, 0.25) is 0 Å². The smallest absolute Gasteiger partial charge is 0.317 e. The molecule has 0 aliphatic heterocycles. The first-order valence-electron chi connectivity index (χ1n) is 6.04. The summed E-state index contributed by atoms with van der Waals surface area (Å²) in [6.07, 6.45) is -4.56. The van der Waals surface area contributed by atoms with Crippen LogP contribution in [0.5, 0.6) is 0 Å². The summed E-state index contributed by atoms with van der Waals surface area (Å²) in [5.74, 6) is -0.708. The molecule has 0 saturated carbocycles. The summed E-state index contributed by atoms with van der Waals surface area (Å²) >= 11 is 0. The second kappa shape index (κ2) is 4.90. The Morgan fingerprint density at radius 3 is 2.24 bits per heavy atom. The first kappa shape index (κ1) is 15.1. The zero-order valence-corrected chi connectivity index (χ0v) is 11.9. The molecule has 0 radical (unpaired) electrons. The lowest BCUT2D eigenvalue weighted by Gasteiger charge is -2.04. The molecule has 2 aromatic rings. The van der Waals surface area contributed by atoms with Crippen LogP contribution >= 0.6 is 0 Å². The Hall–Kier alpha value is -2.32. The van der Waals surface area contributed by atoms with Gasteiger partial charge in [0, 0.05) is 20.2 Å². The fraction of sp³-hybridized carbons (Fsp3) is 0.417. The molecule has 0 bridgehead atoms. The molecule has 9 heteroatoms. The van der Waals surface area contributed by atoms with Crippen LogP contribution in [0.25, 0.3) is 0 Å². The fourth-order valence-corrected chi connectivity index (χ4v) is 1.98. The molecule has 0 spiro atoms. The zero-order valence-electron chi connectivity index (χ0n) is 11.9. The maximum atomic E-state index is 12.7. The van der Waals surface area contributed by atoms with Crippen LogP contribution in [-0.4, -0.2) is 25.5 Å². The lowest BCUT2D eigenvalue weighted by atomic mass is 10.3. The molecule has 0 unspecified atom stereocenters. The molecule has 2 heterocycles. The molecule has 0 aromatic carbocycles. The number of alkyl halides is 3. The molecule has 1 N–H and O–H groups in total. The third-order valence-corrected chi connectivity index (χ3v) is 3.15. The molecule has 0 fully saturated rings. The minimum absolute atomic E-state index is 0.299. The minimum Gasteiger partial charge on any atom is -0.317 e. The van der Waals surface area contributed by atoms with Crippen LogP contribution < -0.4 is 5.32 Å². The highest BCUT2D eigenvalue weighted by atomic mass is 19.4. The Bertz CT molecular complexity index is 699. The first-order valence-corrected chi connectivity index (χ1v) is 6.04. The Morgan fingerprint density at radius 1 is 1.19 bits per heavy atom. The van der Waals surface area contributed by atoms with Crippen molar-refractivity contribution in [1.82, 2.24) is 19.6 Å². The standard InChI is InChI=1S/C12H14F3N5O/c1-6-10(7(2)19(3)17-6)16-11(21)8-5-9(12(13,14)15)20(4)18-8/h5H,1-4H3,(H,16,21). The predicted octanol–water partition coefficient (Wildman–Crippen LogP) is 2.04. The Morgan fingerprint density at radius 2 is 1.81 bits per heavy atom. The van der Waals surface area contributed by atoms with E-state index in [1.165, 1.54) is 0 Å². The van der Waals surface area contributed by atoms with Crippen LogP contribution in [0, 0.1) is 13.8 Å². The number of aromatic nitrogens is 4. The second-order valence-corrected chi connectivity index (χ2v) is 4.66. The third kappa shape index (κ3) is 2.76. The van der Waals surface area contributed by atoms with Gasteiger partial charge in [-0.25, -0.2) is 0 Å². The highest BCUT2D eigenvalue weighted by Gasteiger charge is 2.35. The molecule has 0 saturated heterocycles. The highest BCUT2D eigenvalue weighted by Crippen LogP contribution is 2.29. The quantitative estimate of drug-likeness (QED) is 0.923. The van der Waals surface area contributed by atoms with Gasteiger partial charge in [-0.15, -0.1) is 0 Å². The average molecular weight is 301 g/mol. The topological polar surface area (TPSA) is 64.7 Å². The number of rotatable bonds is 2. The summed E-state index contributed by atoms with van der Waals surface area (Å²) in [7, 11) is 2.85. The number of carbonyl (C=O) groups is 1. The summed E-state index contributed by atoms with van der Waals surface area (Å²) < 4.78 is 40.2. The molecular formula is C12H14F3N5O. The average Bonchev–Trinajstić information content (AvgIpc) is 2.85. The molecule has 2 aromatic heterocycles. The van der Waals surface area contributed by atoms with Crippen molar-refractivity contribution in [3.8, 4) is 0 Å². The van der Waals surface area contributed by atoms with Crippen molar-refractivity contribution in [2.75, 3.05) is 5.32 Å². The predicted molar refractivity (Wildman–Crippen MR) is 68.8 cm³/mol. The molecule has 21 heavy (non-hydrogen) atoms. The molecule has 1 amide bonds. The van der Waals surface area contributed by atoms with Crippen LogP contribution in [0.1, 0.15) is 27.6 Å². The number of hydrogen-bond acceptors (Lipinski definition) is 3. The van der Waals surface area contributed by atoms with Crippen molar-refractivity contribution in [3.63, 3.8) is 0 Å². The van der Waals surface area contributed by atoms with E-state index < -0.39 is 17.8 Å². The molecule has 2 rings (SSSR count). The van der Waals surface area contributed by atoms with Crippen LogP contribution in [0.3, 0.4) is 0 Å². The largest absolute Gasteiger partial charge is 0.433 e. The summed E-state index contributed by atoms with van der Waals surface area (Å²) in [6.45, 7) is 3.44. The zero-order chi connectivity index (χ0) is 15.9. The molecule has 114 valence electrons. The van der Waals surface area contributed by atoms with Gasteiger partial charge in [-0.2, -0.15) is 23.4 Å². The monoisotopic (exact) mass is 301 g/mol. The molecule has 0 aliphatic carbocycles. The van der Waals surface area contributed by atoms with E-state index in [1.807, 2.05) is 0 Å². The van der Waals surface area contributed by atoms with Gasteiger partial charge in [0.15, 0.2) is 5.69 Å². The van der Waals surface area contributed by atoms with Crippen molar-refractivity contribution >= 4 is 11.6 Å². The van der Waals surface area contributed by atoms with Gasteiger partial charge in [0.25, 0.3) is 5.91 Å². The SMILES string of the molecule is Cc1nn(C)c(C)c1NC(=O)c1cc(C(F)(F)F)n(C)n1. The second-order valence-electron chi connectivity index (χ2n) is 4.66. The van der Waals surface area contributed by atoms with E-state index in [-0.39, 0.29) is 5.69 Å². The van der Waals surface area contributed by atoms with E-state index in [9.17, 15) is 18.0 Å². The van der Waals surface area contributed by atoms with E-state index in [1.54, 1.807) is 25.6 Å². The lowest BCUT2D eigenvalue weighted by Crippen LogP contribution is -2.14. The number of hydrogen-bond donors (Lipinski definition) is 1. The van der Waals surface area contributed by atoms with E-state index in [0.717, 1.165) is 13.1 Å². The van der Waals surface area contributed by atoms with Gasteiger partial charge < -0.3 is 5.32 Å².